The summed E-state index contributed by atoms with van der Waals surface area (Å²) in [6, 6.07) is 11.3. The molecule has 0 aliphatic heterocycles. The lowest BCUT2D eigenvalue weighted by Gasteiger charge is -2.20. The highest BCUT2D eigenvalue weighted by Gasteiger charge is 2.13. The third kappa shape index (κ3) is 6.95. The summed E-state index contributed by atoms with van der Waals surface area (Å²) in [4.78, 5) is 16.3. The van der Waals surface area contributed by atoms with Crippen molar-refractivity contribution in [2.24, 2.45) is 4.99 Å². The van der Waals surface area contributed by atoms with Crippen molar-refractivity contribution in [3.05, 3.63) is 53.8 Å². The van der Waals surface area contributed by atoms with Gasteiger partial charge in [-0.05, 0) is 62.7 Å². The van der Waals surface area contributed by atoms with Crippen molar-refractivity contribution >= 4 is 17.6 Å². The molecule has 0 bridgehead atoms. The van der Waals surface area contributed by atoms with Crippen LogP contribution in [0.1, 0.15) is 32.4 Å². The van der Waals surface area contributed by atoms with Crippen LogP contribution in [0.5, 0.6) is 11.5 Å². The quantitative estimate of drug-likeness (QED) is 0.431. The molecule has 0 saturated carbocycles. The van der Waals surface area contributed by atoms with Crippen molar-refractivity contribution < 1.29 is 18.7 Å². The highest BCUT2D eigenvalue weighted by atomic mass is 19.1. The lowest BCUT2D eigenvalue weighted by Crippen LogP contribution is -2.42. The second-order valence-corrected chi connectivity index (χ2v) is 6.42. The zero-order chi connectivity index (χ0) is 21.9. The third-order valence-corrected chi connectivity index (χ3v) is 4.19. The van der Waals surface area contributed by atoms with Gasteiger partial charge in [-0.2, -0.15) is 0 Å². The van der Waals surface area contributed by atoms with Crippen molar-refractivity contribution in [3.8, 4) is 11.5 Å². The molecule has 7 nitrogen and oxygen atoms in total. The summed E-state index contributed by atoms with van der Waals surface area (Å²) in [7, 11) is 1.63. The number of halogens is 1. The first kappa shape index (κ1) is 23.0. The minimum absolute atomic E-state index is 0.0112. The fraction of sp³-hybridized carbons (Fsp3) is 0.364. The van der Waals surface area contributed by atoms with E-state index in [4.69, 9.17) is 9.47 Å². The lowest BCUT2D eigenvalue weighted by molar-refractivity contribution is -0.115. The molecule has 0 fully saturated rings. The van der Waals surface area contributed by atoms with Gasteiger partial charge in [-0.3, -0.25) is 9.79 Å². The third-order valence-electron chi connectivity index (χ3n) is 4.19. The Morgan fingerprint density at radius 3 is 2.37 bits per heavy atom. The fourth-order valence-corrected chi connectivity index (χ4v) is 2.72. The summed E-state index contributed by atoms with van der Waals surface area (Å²) in [5, 5.41) is 8.91. The van der Waals surface area contributed by atoms with Gasteiger partial charge in [-0.15, -0.1) is 0 Å². The number of rotatable bonds is 9. The molecule has 2 aromatic rings. The second-order valence-electron chi connectivity index (χ2n) is 6.42. The molecular weight excluding hydrogens is 387 g/mol. The van der Waals surface area contributed by atoms with Crippen LogP contribution in [-0.4, -0.2) is 38.7 Å². The number of aliphatic imine (C=N–C) groups is 1. The number of carbonyl (C=O) groups excluding carboxylic acids is 1. The fourth-order valence-electron chi connectivity index (χ4n) is 2.72. The monoisotopic (exact) mass is 416 g/mol. The lowest BCUT2D eigenvalue weighted by atomic mass is 10.1. The van der Waals surface area contributed by atoms with Crippen LogP contribution in [0, 0.1) is 5.82 Å². The SMILES string of the molecule is CCOc1ccc(C(C)NC(=NC)NCC(=O)Nc2ccc(F)cc2)cc1OCC. The van der Waals surface area contributed by atoms with Crippen molar-refractivity contribution in [2.75, 3.05) is 32.1 Å². The number of hydrogen-bond acceptors (Lipinski definition) is 4. The van der Waals surface area contributed by atoms with Gasteiger partial charge < -0.3 is 25.4 Å². The number of nitrogens with one attached hydrogen (secondary N) is 3. The summed E-state index contributed by atoms with van der Waals surface area (Å²) in [5.74, 6) is 1.24. The number of hydrogen-bond donors (Lipinski definition) is 3. The van der Waals surface area contributed by atoms with E-state index >= 15 is 0 Å². The first-order chi connectivity index (χ1) is 14.5. The summed E-state index contributed by atoms with van der Waals surface area (Å²) in [6.45, 7) is 6.94. The molecule has 0 radical (unpaired) electrons. The van der Waals surface area contributed by atoms with Gasteiger partial charge in [-0.1, -0.05) is 6.07 Å². The Morgan fingerprint density at radius 1 is 1.07 bits per heavy atom. The normalized spacial score (nSPS) is 12.1. The molecule has 3 N–H and O–H groups in total. The molecule has 1 unspecified atom stereocenters. The van der Waals surface area contributed by atoms with Crippen LogP contribution in [0.2, 0.25) is 0 Å². The molecular formula is C22H29FN4O3. The minimum atomic E-state index is -0.355. The van der Waals surface area contributed by atoms with Crippen molar-refractivity contribution in [1.29, 1.82) is 0 Å². The van der Waals surface area contributed by atoms with E-state index in [2.05, 4.69) is 20.9 Å². The number of carbonyl (C=O) groups is 1. The highest BCUT2D eigenvalue weighted by molar-refractivity contribution is 5.95. The van der Waals surface area contributed by atoms with Crippen LogP contribution in [0.15, 0.2) is 47.5 Å². The van der Waals surface area contributed by atoms with Crippen molar-refractivity contribution in [2.45, 2.75) is 26.8 Å². The Hall–Kier alpha value is -3.29. The Labute approximate surface area is 176 Å². The van der Waals surface area contributed by atoms with E-state index in [9.17, 15) is 9.18 Å². The predicted molar refractivity (Wildman–Crippen MR) is 117 cm³/mol. The van der Waals surface area contributed by atoms with Gasteiger partial charge in [0.25, 0.3) is 0 Å². The average Bonchev–Trinajstić information content (AvgIpc) is 2.74. The van der Waals surface area contributed by atoms with Crippen LogP contribution in [0.25, 0.3) is 0 Å². The van der Waals surface area contributed by atoms with Crippen molar-refractivity contribution in [1.82, 2.24) is 10.6 Å². The minimum Gasteiger partial charge on any atom is -0.490 e. The largest absolute Gasteiger partial charge is 0.490 e. The summed E-state index contributed by atoms with van der Waals surface area (Å²) in [6.07, 6.45) is 0. The molecule has 0 spiro atoms. The van der Waals surface area contributed by atoms with Gasteiger partial charge in [0.2, 0.25) is 5.91 Å². The number of amides is 1. The zero-order valence-electron chi connectivity index (χ0n) is 17.8. The summed E-state index contributed by atoms with van der Waals surface area (Å²) >= 11 is 0. The maximum Gasteiger partial charge on any atom is 0.243 e. The molecule has 0 aliphatic carbocycles. The van der Waals surface area contributed by atoms with Crippen LogP contribution in [0.4, 0.5) is 10.1 Å². The maximum atomic E-state index is 12.9. The van der Waals surface area contributed by atoms with E-state index in [1.807, 2.05) is 39.0 Å². The molecule has 0 saturated heterocycles. The molecule has 2 rings (SSSR count). The smallest absolute Gasteiger partial charge is 0.243 e. The molecule has 30 heavy (non-hydrogen) atoms. The molecule has 0 aliphatic rings. The van der Waals surface area contributed by atoms with Gasteiger partial charge in [0, 0.05) is 12.7 Å². The van der Waals surface area contributed by atoms with E-state index in [-0.39, 0.29) is 24.3 Å². The first-order valence-corrected chi connectivity index (χ1v) is 9.88. The van der Waals surface area contributed by atoms with E-state index in [1.165, 1.54) is 24.3 Å². The molecule has 8 heteroatoms. The van der Waals surface area contributed by atoms with Gasteiger partial charge in [0.1, 0.15) is 5.82 Å². The van der Waals surface area contributed by atoms with E-state index in [0.29, 0.717) is 36.4 Å². The van der Waals surface area contributed by atoms with Gasteiger partial charge >= 0.3 is 0 Å². The Morgan fingerprint density at radius 2 is 1.73 bits per heavy atom. The standard InChI is InChI=1S/C22H29FN4O3/c1-5-29-19-12-7-16(13-20(19)30-6-2)15(3)26-22(24-4)25-14-21(28)27-18-10-8-17(23)9-11-18/h7-13,15H,5-6,14H2,1-4H3,(H,27,28)(H2,24,25,26). The van der Waals surface area contributed by atoms with E-state index in [1.54, 1.807) is 7.05 Å². The van der Waals surface area contributed by atoms with Gasteiger partial charge in [0.15, 0.2) is 17.5 Å². The molecule has 0 heterocycles. The molecule has 2 aromatic carbocycles. The number of benzene rings is 2. The van der Waals surface area contributed by atoms with Crippen LogP contribution >= 0.6 is 0 Å². The zero-order valence-corrected chi connectivity index (χ0v) is 17.8. The Kier molecular flexibility index (Phi) is 8.93. The molecule has 162 valence electrons. The average molecular weight is 416 g/mol. The van der Waals surface area contributed by atoms with Gasteiger partial charge in [-0.25, -0.2) is 4.39 Å². The van der Waals surface area contributed by atoms with Crippen LogP contribution in [-0.2, 0) is 4.79 Å². The predicted octanol–water partition coefficient (Wildman–Crippen LogP) is 3.49. The van der Waals surface area contributed by atoms with Crippen LogP contribution in [0.3, 0.4) is 0 Å². The number of nitrogens with zero attached hydrogens (tertiary/aromatic N) is 1. The Bertz CT molecular complexity index is 856. The summed E-state index contributed by atoms with van der Waals surface area (Å²) in [5.41, 5.74) is 1.51. The first-order valence-electron chi connectivity index (χ1n) is 9.88. The highest BCUT2D eigenvalue weighted by Crippen LogP contribution is 2.30. The van der Waals surface area contributed by atoms with E-state index < -0.39 is 0 Å². The molecule has 1 amide bonds. The maximum absolute atomic E-state index is 12.9. The number of ether oxygens (including phenoxy) is 2. The summed E-state index contributed by atoms with van der Waals surface area (Å²) < 4.78 is 24.2. The second kappa shape index (κ2) is 11.6. The number of guanidine groups is 1. The van der Waals surface area contributed by atoms with E-state index in [0.717, 1.165) is 5.56 Å². The molecule has 0 aromatic heterocycles. The van der Waals surface area contributed by atoms with Gasteiger partial charge in [0.05, 0.1) is 25.8 Å². The van der Waals surface area contributed by atoms with Crippen LogP contribution < -0.4 is 25.4 Å². The Balaban J connectivity index is 1.93. The number of anilines is 1. The topological polar surface area (TPSA) is 84.0 Å². The van der Waals surface area contributed by atoms with Crippen molar-refractivity contribution in [3.63, 3.8) is 0 Å². The molecule has 1 atom stereocenters.